The molecule has 0 saturated carbocycles. The SMILES string of the molecule is COc1c(F)cc(CC(N)CO)cc1F. The van der Waals surface area contributed by atoms with Crippen molar-refractivity contribution in [2.45, 2.75) is 12.5 Å². The van der Waals surface area contributed by atoms with Gasteiger partial charge in [-0.15, -0.1) is 0 Å². The van der Waals surface area contributed by atoms with Crippen molar-refractivity contribution in [3.05, 3.63) is 29.3 Å². The molecule has 0 fully saturated rings. The van der Waals surface area contributed by atoms with Crippen molar-refractivity contribution >= 4 is 0 Å². The summed E-state index contributed by atoms with van der Waals surface area (Å²) in [6.45, 7) is -0.227. The summed E-state index contributed by atoms with van der Waals surface area (Å²) >= 11 is 0. The molecule has 0 aromatic heterocycles. The molecule has 0 bridgehead atoms. The first-order valence-corrected chi connectivity index (χ1v) is 4.46. The summed E-state index contributed by atoms with van der Waals surface area (Å²) in [5, 5.41) is 8.70. The van der Waals surface area contributed by atoms with Gasteiger partial charge < -0.3 is 15.6 Å². The number of aliphatic hydroxyl groups excluding tert-OH is 1. The third-order valence-electron chi connectivity index (χ3n) is 1.99. The molecule has 0 aliphatic rings. The molecule has 0 aliphatic heterocycles. The Bertz CT molecular complexity index is 321. The Morgan fingerprint density at radius 2 is 1.93 bits per heavy atom. The van der Waals surface area contributed by atoms with Crippen LogP contribution in [0.15, 0.2) is 12.1 Å². The smallest absolute Gasteiger partial charge is 0.190 e. The van der Waals surface area contributed by atoms with Gasteiger partial charge in [0.15, 0.2) is 17.4 Å². The quantitative estimate of drug-likeness (QED) is 0.785. The summed E-state index contributed by atoms with van der Waals surface area (Å²) in [4.78, 5) is 0. The van der Waals surface area contributed by atoms with Gasteiger partial charge >= 0.3 is 0 Å². The van der Waals surface area contributed by atoms with Gasteiger partial charge in [0.25, 0.3) is 0 Å². The minimum absolute atomic E-state index is 0.217. The first-order chi connectivity index (χ1) is 7.08. The largest absolute Gasteiger partial charge is 0.491 e. The normalized spacial score (nSPS) is 12.6. The van der Waals surface area contributed by atoms with Crippen molar-refractivity contribution in [3.8, 4) is 5.75 Å². The fourth-order valence-corrected chi connectivity index (χ4v) is 1.29. The maximum absolute atomic E-state index is 13.2. The lowest BCUT2D eigenvalue weighted by Gasteiger charge is -2.10. The predicted octanol–water partition coefficient (Wildman–Crippen LogP) is 0.836. The van der Waals surface area contributed by atoms with E-state index in [9.17, 15) is 8.78 Å². The fraction of sp³-hybridized carbons (Fsp3) is 0.400. The zero-order chi connectivity index (χ0) is 11.4. The maximum atomic E-state index is 13.2. The second-order valence-corrected chi connectivity index (χ2v) is 3.24. The maximum Gasteiger partial charge on any atom is 0.190 e. The molecule has 15 heavy (non-hydrogen) atoms. The number of benzene rings is 1. The molecule has 1 rings (SSSR count). The summed E-state index contributed by atoms with van der Waals surface area (Å²) in [7, 11) is 1.20. The van der Waals surface area contributed by atoms with Gasteiger partial charge in [-0.2, -0.15) is 0 Å². The Kier molecular flexibility index (Phi) is 3.99. The van der Waals surface area contributed by atoms with Crippen LogP contribution in [0.5, 0.6) is 5.75 Å². The van der Waals surface area contributed by atoms with E-state index in [2.05, 4.69) is 4.74 Å². The number of rotatable bonds is 4. The first-order valence-electron chi connectivity index (χ1n) is 4.46. The molecule has 5 heteroatoms. The molecule has 3 nitrogen and oxygen atoms in total. The fourth-order valence-electron chi connectivity index (χ4n) is 1.29. The van der Waals surface area contributed by atoms with E-state index >= 15 is 0 Å². The Labute approximate surface area is 86.5 Å². The van der Waals surface area contributed by atoms with Gasteiger partial charge in [-0.1, -0.05) is 0 Å². The number of hydrogen-bond donors (Lipinski definition) is 2. The lowest BCUT2D eigenvalue weighted by atomic mass is 10.1. The van der Waals surface area contributed by atoms with Crippen molar-refractivity contribution in [1.29, 1.82) is 0 Å². The number of ether oxygens (including phenoxy) is 1. The van der Waals surface area contributed by atoms with Gasteiger partial charge in [-0.25, -0.2) is 8.78 Å². The van der Waals surface area contributed by atoms with E-state index in [1.54, 1.807) is 0 Å². The van der Waals surface area contributed by atoms with Crippen LogP contribution >= 0.6 is 0 Å². The van der Waals surface area contributed by atoms with E-state index in [1.807, 2.05) is 0 Å². The molecule has 0 radical (unpaired) electrons. The van der Waals surface area contributed by atoms with E-state index < -0.39 is 23.4 Å². The van der Waals surface area contributed by atoms with Crippen LogP contribution in [0, 0.1) is 11.6 Å². The van der Waals surface area contributed by atoms with Gasteiger partial charge in [0.1, 0.15) is 0 Å². The average molecular weight is 217 g/mol. The Morgan fingerprint density at radius 3 is 2.33 bits per heavy atom. The third-order valence-corrected chi connectivity index (χ3v) is 1.99. The number of aliphatic hydroxyl groups is 1. The van der Waals surface area contributed by atoms with Gasteiger partial charge in [0.2, 0.25) is 0 Å². The average Bonchev–Trinajstić information content (AvgIpc) is 2.17. The predicted molar refractivity (Wildman–Crippen MR) is 51.7 cm³/mol. The number of methoxy groups -OCH3 is 1. The minimum Gasteiger partial charge on any atom is -0.491 e. The lowest BCUT2D eigenvalue weighted by molar-refractivity contribution is 0.265. The van der Waals surface area contributed by atoms with Gasteiger partial charge in [-0.05, 0) is 24.1 Å². The Balaban J connectivity index is 2.93. The van der Waals surface area contributed by atoms with Crippen LogP contribution in [0.25, 0.3) is 0 Å². The molecule has 1 unspecified atom stereocenters. The highest BCUT2D eigenvalue weighted by atomic mass is 19.1. The monoisotopic (exact) mass is 217 g/mol. The molecule has 3 N–H and O–H groups in total. The second-order valence-electron chi connectivity index (χ2n) is 3.24. The van der Waals surface area contributed by atoms with Gasteiger partial charge in [0.05, 0.1) is 13.7 Å². The van der Waals surface area contributed by atoms with Gasteiger partial charge in [0, 0.05) is 6.04 Å². The van der Waals surface area contributed by atoms with E-state index in [-0.39, 0.29) is 13.0 Å². The van der Waals surface area contributed by atoms with E-state index in [1.165, 1.54) is 7.11 Å². The molecular weight excluding hydrogens is 204 g/mol. The first kappa shape index (κ1) is 11.9. The van der Waals surface area contributed by atoms with E-state index in [0.717, 1.165) is 12.1 Å². The molecular formula is C10H13F2NO2. The van der Waals surface area contributed by atoms with Crippen molar-refractivity contribution < 1.29 is 18.6 Å². The van der Waals surface area contributed by atoms with Crippen molar-refractivity contribution in [2.24, 2.45) is 5.73 Å². The standard InChI is InChI=1S/C10H13F2NO2/c1-15-10-8(11)3-6(4-9(10)12)2-7(13)5-14/h3-4,7,14H,2,5,13H2,1H3. The van der Waals surface area contributed by atoms with Crippen LogP contribution in [0.1, 0.15) is 5.56 Å². The highest BCUT2D eigenvalue weighted by molar-refractivity contribution is 5.31. The Hall–Kier alpha value is -1.20. The van der Waals surface area contributed by atoms with Crippen LogP contribution < -0.4 is 10.5 Å². The number of nitrogens with two attached hydrogens (primary N) is 1. The summed E-state index contributed by atoms with van der Waals surface area (Å²) < 4.78 is 30.9. The molecule has 0 spiro atoms. The molecule has 0 aliphatic carbocycles. The molecule has 84 valence electrons. The van der Waals surface area contributed by atoms with Gasteiger partial charge in [-0.3, -0.25) is 0 Å². The van der Waals surface area contributed by atoms with Crippen LogP contribution in [-0.4, -0.2) is 24.9 Å². The van der Waals surface area contributed by atoms with Crippen molar-refractivity contribution in [1.82, 2.24) is 0 Å². The molecule has 1 aromatic carbocycles. The van der Waals surface area contributed by atoms with E-state index in [0.29, 0.717) is 5.56 Å². The molecule has 0 heterocycles. The molecule has 0 amide bonds. The third kappa shape index (κ3) is 2.87. The van der Waals surface area contributed by atoms with Crippen LogP contribution in [0.4, 0.5) is 8.78 Å². The second kappa shape index (κ2) is 5.04. The molecule has 1 atom stereocenters. The van der Waals surface area contributed by atoms with Crippen molar-refractivity contribution in [2.75, 3.05) is 13.7 Å². The highest BCUT2D eigenvalue weighted by Gasteiger charge is 2.12. The van der Waals surface area contributed by atoms with Crippen LogP contribution in [0.3, 0.4) is 0 Å². The van der Waals surface area contributed by atoms with Crippen molar-refractivity contribution in [3.63, 3.8) is 0 Å². The summed E-state index contributed by atoms with van der Waals surface area (Å²) in [6, 6.07) is 1.78. The topological polar surface area (TPSA) is 55.5 Å². The highest BCUT2D eigenvalue weighted by Crippen LogP contribution is 2.23. The Morgan fingerprint density at radius 1 is 1.40 bits per heavy atom. The van der Waals surface area contributed by atoms with Crippen LogP contribution in [0.2, 0.25) is 0 Å². The summed E-state index contributed by atoms with van der Waals surface area (Å²) in [6.07, 6.45) is 0.217. The summed E-state index contributed by atoms with van der Waals surface area (Å²) in [5.41, 5.74) is 5.85. The molecule has 0 saturated heterocycles. The summed E-state index contributed by atoms with van der Waals surface area (Å²) in [5.74, 6) is -1.94. The van der Waals surface area contributed by atoms with Crippen LogP contribution in [-0.2, 0) is 6.42 Å². The zero-order valence-corrected chi connectivity index (χ0v) is 8.34. The van der Waals surface area contributed by atoms with E-state index in [4.69, 9.17) is 10.8 Å². The number of halogens is 2. The molecule has 1 aromatic rings. The zero-order valence-electron chi connectivity index (χ0n) is 8.34. The minimum atomic E-state index is -0.766. The lowest BCUT2D eigenvalue weighted by Crippen LogP contribution is -2.26. The number of hydrogen-bond acceptors (Lipinski definition) is 3.